The van der Waals surface area contributed by atoms with Crippen LogP contribution >= 0.6 is 0 Å². The van der Waals surface area contributed by atoms with Gasteiger partial charge in [-0.2, -0.15) is 0 Å². The largest absolute Gasteiger partial charge is 0.480 e. The molecule has 2 unspecified atom stereocenters. The highest BCUT2D eigenvalue weighted by Crippen LogP contribution is 2.35. The van der Waals surface area contributed by atoms with Gasteiger partial charge in [0.25, 0.3) is 0 Å². The van der Waals surface area contributed by atoms with Crippen LogP contribution in [0.5, 0.6) is 5.88 Å². The first-order chi connectivity index (χ1) is 11.0. The van der Waals surface area contributed by atoms with Crippen LogP contribution in [0.1, 0.15) is 32.6 Å². The Morgan fingerprint density at radius 1 is 1.52 bits per heavy atom. The molecule has 2 atom stereocenters. The Balaban J connectivity index is 1.97. The van der Waals surface area contributed by atoms with Crippen molar-refractivity contribution in [3.05, 3.63) is 18.3 Å². The van der Waals surface area contributed by atoms with Crippen molar-refractivity contribution in [2.75, 3.05) is 33.1 Å². The van der Waals surface area contributed by atoms with E-state index < -0.39 is 0 Å². The minimum Gasteiger partial charge on any atom is -0.480 e. The van der Waals surface area contributed by atoms with Crippen molar-refractivity contribution in [1.82, 2.24) is 15.2 Å². The van der Waals surface area contributed by atoms with Gasteiger partial charge in [-0.15, -0.1) is 0 Å². The van der Waals surface area contributed by atoms with Crippen LogP contribution in [0.4, 0.5) is 10.5 Å². The maximum Gasteiger partial charge on any atom is 0.319 e. The Morgan fingerprint density at radius 3 is 2.96 bits per heavy atom. The molecule has 0 radical (unpaired) electrons. The van der Waals surface area contributed by atoms with E-state index in [1.807, 2.05) is 0 Å². The van der Waals surface area contributed by atoms with Crippen molar-refractivity contribution in [1.29, 1.82) is 0 Å². The predicted molar refractivity (Wildman–Crippen MR) is 91.9 cm³/mol. The van der Waals surface area contributed by atoms with Gasteiger partial charge in [0.2, 0.25) is 5.88 Å². The second-order valence-electron chi connectivity index (χ2n) is 6.69. The fraction of sp³-hybridized carbons (Fsp3) is 0.647. The number of hydrogen-bond acceptors (Lipinski definition) is 4. The van der Waals surface area contributed by atoms with Gasteiger partial charge in [0.1, 0.15) is 5.69 Å². The van der Waals surface area contributed by atoms with Crippen LogP contribution in [0.25, 0.3) is 0 Å². The number of urea groups is 1. The standard InChI is InChI=1S/C17H28N4O2/c1-13-7-5-9-17(11-13,21(2)3)12-19-16(22)20-14-8-6-10-18-15(14)23-4/h6,8,10,13H,5,7,9,11-12H2,1-4H3,(H2,19,20,22). The number of hydrogen-bond donors (Lipinski definition) is 2. The molecule has 0 bridgehead atoms. The number of amides is 2. The molecule has 23 heavy (non-hydrogen) atoms. The number of nitrogens with one attached hydrogen (secondary N) is 2. The lowest BCUT2D eigenvalue weighted by Gasteiger charge is -2.45. The van der Waals surface area contributed by atoms with E-state index in [0.29, 0.717) is 24.0 Å². The molecular weight excluding hydrogens is 292 g/mol. The van der Waals surface area contributed by atoms with Crippen molar-refractivity contribution in [3.8, 4) is 5.88 Å². The quantitative estimate of drug-likeness (QED) is 0.875. The van der Waals surface area contributed by atoms with Crippen LogP contribution in [-0.4, -0.2) is 49.2 Å². The summed E-state index contributed by atoms with van der Waals surface area (Å²) in [4.78, 5) is 18.6. The maximum atomic E-state index is 12.2. The van der Waals surface area contributed by atoms with Crippen molar-refractivity contribution in [3.63, 3.8) is 0 Å². The first kappa shape index (κ1) is 17.5. The van der Waals surface area contributed by atoms with E-state index in [1.165, 1.54) is 20.0 Å². The molecule has 6 heteroatoms. The molecule has 2 amide bonds. The number of methoxy groups -OCH3 is 1. The van der Waals surface area contributed by atoms with Crippen LogP contribution in [0.3, 0.4) is 0 Å². The summed E-state index contributed by atoms with van der Waals surface area (Å²) in [6.07, 6.45) is 6.33. The molecule has 0 spiro atoms. The minimum absolute atomic E-state index is 0.0357. The molecule has 0 aliphatic heterocycles. The number of carbonyl (C=O) groups excluding carboxylic acids is 1. The van der Waals surface area contributed by atoms with Crippen LogP contribution in [0, 0.1) is 5.92 Å². The molecule has 2 N–H and O–H groups in total. The SMILES string of the molecule is COc1ncccc1NC(=O)NCC1(N(C)C)CCCC(C)C1. The van der Waals surface area contributed by atoms with Gasteiger partial charge in [-0.1, -0.05) is 19.8 Å². The number of nitrogens with zero attached hydrogens (tertiary/aromatic N) is 2. The molecule has 0 saturated heterocycles. The number of carbonyl (C=O) groups is 1. The van der Waals surface area contributed by atoms with Crippen LogP contribution in [-0.2, 0) is 0 Å². The monoisotopic (exact) mass is 320 g/mol. The molecule has 2 rings (SSSR count). The fourth-order valence-corrected chi connectivity index (χ4v) is 3.42. The van der Waals surface area contributed by atoms with Gasteiger partial charge >= 0.3 is 6.03 Å². The third-order valence-corrected chi connectivity index (χ3v) is 4.81. The lowest BCUT2D eigenvalue weighted by atomic mass is 9.75. The molecule has 1 aliphatic carbocycles. The summed E-state index contributed by atoms with van der Waals surface area (Å²) < 4.78 is 5.15. The average molecular weight is 320 g/mol. The van der Waals surface area contributed by atoms with E-state index in [0.717, 1.165) is 12.8 Å². The number of anilines is 1. The highest BCUT2D eigenvalue weighted by molar-refractivity contribution is 5.90. The predicted octanol–water partition coefficient (Wildman–Crippen LogP) is 2.72. The Bertz CT molecular complexity index is 535. The lowest BCUT2D eigenvalue weighted by Crippen LogP contribution is -2.55. The third kappa shape index (κ3) is 4.34. The zero-order valence-corrected chi connectivity index (χ0v) is 14.6. The number of likely N-dealkylation sites (N-methyl/N-ethyl adjacent to an activating group) is 1. The van der Waals surface area contributed by atoms with E-state index in [1.54, 1.807) is 18.3 Å². The fourth-order valence-electron chi connectivity index (χ4n) is 3.42. The van der Waals surface area contributed by atoms with Crippen molar-refractivity contribution >= 4 is 11.7 Å². The van der Waals surface area contributed by atoms with Crippen molar-refractivity contribution in [2.45, 2.75) is 38.1 Å². The molecule has 6 nitrogen and oxygen atoms in total. The number of aromatic nitrogens is 1. The molecule has 1 heterocycles. The lowest BCUT2D eigenvalue weighted by molar-refractivity contribution is 0.0779. The average Bonchev–Trinajstić information content (AvgIpc) is 2.53. The van der Waals surface area contributed by atoms with Gasteiger partial charge in [0.05, 0.1) is 7.11 Å². The van der Waals surface area contributed by atoms with E-state index in [4.69, 9.17) is 4.74 Å². The summed E-state index contributed by atoms with van der Waals surface area (Å²) in [5.74, 6) is 1.10. The van der Waals surface area contributed by atoms with Crippen molar-refractivity contribution < 1.29 is 9.53 Å². The molecular formula is C17H28N4O2. The third-order valence-electron chi connectivity index (χ3n) is 4.81. The topological polar surface area (TPSA) is 66.5 Å². The Hall–Kier alpha value is -1.82. The van der Waals surface area contributed by atoms with Gasteiger partial charge in [0, 0.05) is 18.3 Å². The first-order valence-corrected chi connectivity index (χ1v) is 8.18. The second kappa shape index (κ2) is 7.64. The minimum atomic E-state index is -0.226. The van der Waals surface area contributed by atoms with Gasteiger partial charge in [0.15, 0.2) is 0 Å². The molecule has 1 saturated carbocycles. The normalized spacial score (nSPS) is 24.3. The maximum absolute atomic E-state index is 12.2. The first-order valence-electron chi connectivity index (χ1n) is 8.18. The number of ether oxygens (including phenoxy) is 1. The summed E-state index contributed by atoms with van der Waals surface area (Å²) >= 11 is 0. The van der Waals surface area contributed by atoms with Crippen LogP contribution in [0.2, 0.25) is 0 Å². The molecule has 1 fully saturated rings. The Morgan fingerprint density at radius 2 is 2.30 bits per heavy atom. The molecule has 1 aromatic rings. The molecule has 1 aliphatic rings. The second-order valence-corrected chi connectivity index (χ2v) is 6.69. The van der Waals surface area contributed by atoms with Crippen LogP contribution in [0.15, 0.2) is 18.3 Å². The Kier molecular flexibility index (Phi) is 5.82. The highest BCUT2D eigenvalue weighted by Gasteiger charge is 2.37. The summed E-state index contributed by atoms with van der Waals surface area (Å²) in [5, 5.41) is 5.83. The Labute approximate surface area is 138 Å². The van der Waals surface area contributed by atoms with E-state index in [9.17, 15) is 4.79 Å². The molecule has 128 valence electrons. The summed E-state index contributed by atoms with van der Waals surface area (Å²) in [6, 6.07) is 3.31. The highest BCUT2D eigenvalue weighted by atomic mass is 16.5. The zero-order chi connectivity index (χ0) is 16.9. The smallest absolute Gasteiger partial charge is 0.319 e. The van der Waals surface area contributed by atoms with Gasteiger partial charge < -0.3 is 20.3 Å². The van der Waals surface area contributed by atoms with Gasteiger partial charge in [-0.3, -0.25) is 0 Å². The van der Waals surface area contributed by atoms with Gasteiger partial charge in [-0.05, 0) is 45.0 Å². The molecule has 1 aromatic heterocycles. The number of pyridine rings is 1. The van der Waals surface area contributed by atoms with Gasteiger partial charge in [-0.25, -0.2) is 9.78 Å². The van der Waals surface area contributed by atoms with Crippen molar-refractivity contribution in [2.24, 2.45) is 5.92 Å². The number of rotatable bonds is 5. The van der Waals surface area contributed by atoms with Crippen LogP contribution < -0.4 is 15.4 Å². The summed E-state index contributed by atoms with van der Waals surface area (Å²) in [7, 11) is 5.74. The zero-order valence-electron chi connectivity index (χ0n) is 14.6. The van der Waals surface area contributed by atoms with E-state index in [2.05, 4.69) is 41.5 Å². The molecule has 0 aromatic carbocycles. The van der Waals surface area contributed by atoms with E-state index in [-0.39, 0.29) is 11.6 Å². The van der Waals surface area contributed by atoms with E-state index >= 15 is 0 Å². The summed E-state index contributed by atoms with van der Waals surface area (Å²) in [6.45, 7) is 2.93. The summed E-state index contributed by atoms with van der Waals surface area (Å²) in [5.41, 5.74) is 0.608.